The summed E-state index contributed by atoms with van der Waals surface area (Å²) in [7, 11) is 0. The van der Waals surface area contributed by atoms with Crippen LogP contribution in [0, 0.1) is 6.92 Å². The first kappa shape index (κ1) is 13.7. The van der Waals surface area contributed by atoms with Crippen LogP contribution in [0.2, 0.25) is 0 Å². The van der Waals surface area contributed by atoms with Crippen molar-refractivity contribution in [3.63, 3.8) is 0 Å². The molecular formula is C14H17N3OS. The van der Waals surface area contributed by atoms with Crippen LogP contribution in [-0.2, 0) is 0 Å². The third kappa shape index (κ3) is 4.79. The summed E-state index contributed by atoms with van der Waals surface area (Å²) in [5.41, 5.74) is 7.48. The molecule has 0 aliphatic rings. The number of aryl methyl sites for hydroxylation is 1. The normalized spacial score (nSPS) is 10.4. The molecule has 0 amide bonds. The van der Waals surface area contributed by atoms with Gasteiger partial charge in [0.25, 0.3) is 0 Å². The standard InChI is InChI=1S/C14H17N3OS/c1-11-9-16-14(17-10-11)19-7-3-6-18-13-5-2-4-12(15)8-13/h2,4-5,8-10H,3,6-7,15H2,1H3. The van der Waals surface area contributed by atoms with E-state index in [-0.39, 0.29) is 0 Å². The topological polar surface area (TPSA) is 61.0 Å². The Bertz CT molecular complexity index is 516. The fourth-order valence-corrected chi connectivity index (χ4v) is 2.17. The van der Waals surface area contributed by atoms with Gasteiger partial charge in [0.15, 0.2) is 5.16 Å². The molecule has 100 valence electrons. The van der Waals surface area contributed by atoms with E-state index in [1.807, 2.05) is 43.6 Å². The van der Waals surface area contributed by atoms with E-state index in [0.29, 0.717) is 6.61 Å². The van der Waals surface area contributed by atoms with Crippen LogP contribution in [0.4, 0.5) is 5.69 Å². The number of nitrogens with two attached hydrogens (primary N) is 1. The molecule has 4 nitrogen and oxygen atoms in total. The molecule has 0 radical (unpaired) electrons. The lowest BCUT2D eigenvalue weighted by molar-refractivity contribution is 0.319. The van der Waals surface area contributed by atoms with Crippen molar-refractivity contribution in [3.8, 4) is 5.75 Å². The molecule has 0 saturated carbocycles. The minimum absolute atomic E-state index is 0.669. The van der Waals surface area contributed by atoms with Gasteiger partial charge in [-0.15, -0.1) is 0 Å². The van der Waals surface area contributed by atoms with Crippen LogP contribution in [0.15, 0.2) is 41.8 Å². The Balaban J connectivity index is 1.66. The van der Waals surface area contributed by atoms with E-state index in [4.69, 9.17) is 10.5 Å². The Morgan fingerprint density at radius 2 is 2.05 bits per heavy atom. The molecule has 0 atom stereocenters. The zero-order chi connectivity index (χ0) is 13.5. The van der Waals surface area contributed by atoms with Gasteiger partial charge in [-0.2, -0.15) is 0 Å². The van der Waals surface area contributed by atoms with Crippen LogP contribution in [0.5, 0.6) is 5.75 Å². The molecule has 2 N–H and O–H groups in total. The lowest BCUT2D eigenvalue weighted by Crippen LogP contribution is -1.99. The maximum atomic E-state index is 5.68. The van der Waals surface area contributed by atoms with E-state index in [0.717, 1.165) is 34.3 Å². The van der Waals surface area contributed by atoms with Gasteiger partial charge in [-0.25, -0.2) is 9.97 Å². The molecule has 1 aromatic heterocycles. The molecule has 0 fully saturated rings. The van der Waals surface area contributed by atoms with Crippen molar-refractivity contribution in [2.24, 2.45) is 0 Å². The summed E-state index contributed by atoms with van der Waals surface area (Å²) in [6, 6.07) is 7.47. The number of benzene rings is 1. The molecule has 0 bridgehead atoms. The average molecular weight is 275 g/mol. The fraction of sp³-hybridized carbons (Fsp3) is 0.286. The van der Waals surface area contributed by atoms with E-state index in [1.165, 1.54) is 0 Å². The largest absolute Gasteiger partial charge is 0.493 e. The van der Waals surface area contributed by atoms with Crippen molar-refractivity contribution >= 4 is 17.4 Å². The lowest BCUT2D eigenvalue weighted by atomic mass is 10.3. The summed E-state index contributed by atoms with van der Waals surface area (Å²) >= 11 is 1.64. The van der Waals surface area contributed by atoms with Gasteiger partial charge < -0.3 is 10.5 Å². The second-order valence-electron chi connectivity index (χ2n) is 4.17. The summed E-state index contributed by atoms with van der Waals surface area (Å²) in [6.07, 6.45) is 4.61. The van der Waals surface area contributed by atoms with E-state index in [9.17, 15) is 0 Å². The van der Waals surface area contributed by atoms with E-state index < -0.39 is 0 Å². The number of aromatic nitrogens is 2. The molecule has 19 heavy (non-hydrogen) atoms. The molecule has 0 saturated heterocycles. The highest BCUT2D eigenvalue weighted by atomic mass is 32.2. The Hall–Kier alpha value is -1.75. The fourth-order valence-electron chi connectivity index (χ4n) is 1.47. The van der Waals surface area contributed by atoms with Crippen LogP contribution >= 0.6 is 11.8 Å². The molecule has 2 rings (SSSR count). The lowest BCUT2D eigenvalue weighted by Gasteiger charge is -2.06. The first-order valence-electron chi connectivity index (χ1n) is 6.14. The smallest absolute Gasteiger partial charge is 0.187 e. The van der Waals surface area contributed by atoms with Crippen molar-refractivity contribution < 1.29 is 4.74 Å². The quantitative estimate of drug-likeness (QED) is 0.380. The second kappa shape index (κ2) is 6.99. The average Bonchev–Trinajstić information content (AvgIpc) is 2.41. The van der Waals surface area contributed by atoms with Gasteiger partial charge in [0.05, 0.1) is 6.61 Å². The molecule has 2 aromatic rings. The second-order valence-corrected chi connectivity index (χ2v) is 5.23. The SMILES string of the molecule is Cc1cnc(SCCCOc2cccc(N)c2)nc1. The molecule has 0 aliphatic carbocycles. The van der Waals surface area contributed by atoms with E-state index in [1.54, 1.807) is 11.8 Å². The van der Waals surface area contributed by atoms with Crippen LogP contribution in [-0.4, -0.2) is 22.3 Å². The van der Waals surface area contributed by atoms with Gasteiger partial charge in [-0.1, -0.05) is 17.8 Å². The van der Waals surface area contributed by atoms with Crippen LogP contribution < -0.4 is 10.5 Å². The van der Waals surface area contributed by atoms with Gasteiger partial charge in [-0.3, -0.25) is 0 Å². The minimum Gasteiger partial charge on any atom is -0.493 e. The summed E-state index contributed by atoms with van der Waals surface area (Å²) in [6.45, 7) is 2.65. The maximum Gasteiger partial charge on any atom is 0.187 e. The van der Waals surface area contributed by atoms with Crippen molar-refractivity contribution in [3.05, 3.63) is 42.2 Å². The predicted octanol–water partition coefficient (Wildman–Crippen LogP) is 2.93. The first-order valence-corrected chi connectivity index (χ1v) is 7.12. The molecule has 0 aliphatic heterocycles. The number of ether oxygens (including phenoxy) is 1. The Labute approximate surface area is 117 Å². The Kier molecular flexibility index (Phi) is 5.03. The number of hydrogen-bond acceptors (Lipinski definition) is 5. The summed E-state index contributed by atoms with van der Waals surface area (Å²) in [4.78, 5) is 8.48. The number of hydrogen-bond donors (Lipinski definition) is 1. The Morgan fingerprint density at radius 1 is 1.26 bits per heavy atom. The number of nitrogens with zero attached hydrogens (tertiary/aromatic N) is 2. The molecule has 5 heteroatoms. The summed E-state index contributed by atoms with van der Waals surface area (Å²) in [5.74, 6) is 1.75. The van der Waals surface area contributed by atoms with Crippen molar-refractivity contribution in [1.29, 1.82) is 0 Å². The third-order valence-corrected chi connectivity index (χ3v) is 3.37. The van der Waals surface area contributed by atoms with Crippen LogP contribution in [0.3, 0.4) is 0 Å². The van der Waals surface area contributed by atoms with Gasteiger partial charge in [0, 0.05) is 29.9 Å². The molecule has 1 aromatic carbocycles. The van der Waals surface area contributed by atoms with Crippen LogP contribution in [0.25, 0.3) is 0 Å². The number of rotatable bonds is 6. The highest BCUT2D eigenvalue weighted by Crippen LogP contribution is 2.16. The highest BCUT2D eigenvalue weighted by molar-refractivity contribution is 7.99. The zero-order valence-electron chi connectivity index (χ0n) is 10.9. The monoisotopic (exact) mass is 275 g/mol. The Morgan fingerprint density at radius 3 is 2.79 bits per heavy atom. The molecular weight excluding hydrogens is 258 g/mol. The minimum atomic E-state index is 0.669. The van der Waals surface area contributed by atoms with Crippen molar-refractivity contribution in [2.75, 3.05) is 18.1 Å². The third-order valence-electron chi connectivity index (χ3n) is 2.40. The first-order chi connectivity index (χ1) is 9.24. The number of thioether (sulfide) groups is 1. The van der Waals surface area contributed by atoms with Gasteiger partial charge in [0.2, 0.25) is 0 Å². The van der Waals surface area contributed by atoms with Crippen molar-refractivity contribution in [1.82, 2.24) is 9.97 Å². The van der Waals surface area contributed by atoms with E-state index in [2.05, 4.69) is 9.97 Å². The summed E-state index contributed by atoms with van der Waals surface area (Å²) < 4.78 is 5.61. The highest BCUT2D eigenvalue weighted by Gasteiger charge is 1.98. The number of anilines is 1. The summed E-state index contributed by atoms with van der Waals surface area (Å²) in [5, 5.41) is 0.814. The van der Waals surface area contributed by atoms with Gasteiger partial charge in [-0.05, 0) is 31.0 Å². The predicted molar refractivity (Wildman–Crippen MR) is 78.5 cm³/mol. The van der Waals surface area contributed by atoms with Gasteiger partial charge in [0.1, 0.15) is 5.75 Å². The maximum absolute atomic E-state index is 5.68. The van der Waals surface area contributed by atoms with Crippen molar-refractivity contribution in [2.45, 2.75) is 18.5 Å². The van der Waals surface area contributed by atoms with Crippen LogP contribution in [0.1, 0.15) is 12.0 Å². The molecule has 1 heterocycles. The van der Waals surface area contributed by atoms with E-state index >= 15 is 0 Å². The molecule has 0 spiro atoms. The van der Waals surface area contributed by atoms with Gasteiger partial charge >= 0.3 is 0 Å². The molecule has 0 unspecified atom stereocenters. The number of nitrogen functional groups attached to an aromatic ring is 1. The zero-order valence-corrected chi connectivity index (χ0v) is 11.7.